The second-order valence-electron chi connectivity index (χ2n) is 7.08. The highest BCUT2D eigenvalue weighted by molar-refractivity contribution is 6.07. The van der Waals surface area contributed by atoms with E-state index in [1.807, 2.05) is 30.0 Å². The molecule has 6 heteroatoms. The molecular weight excluding hydrogens is 368 g/mol. The summed E-state index contributed by atoms with van der Waals surface area (Å²) in [6, 6.07) is 16.5. The largest absolute Gasteiger partial charge is 0.497 e. The number of nitrogens with zero attached hydrogens (tertiary/aromatic N) is 1. The van der Waals surface area contributed by atoms with Gasteiger partial charge < -0.3 is 19.4 Å². The lowest BCUT2D eigenvalue weighted by Crippen LogP contribution is -2.35. The Morgan fingerprint density at radius 2 is 1.97 bits per heavy atom. The maximum absolute atomic E-state index is 13.2. The van der Waals surface area contributed by atoms with Crippen molar-refractivity contribution in [3.63, 3.8) is 0 Å². The predicted octanol–water partition coefficient (Wildman–Crippen LogP) is 3.81. The summed E-state index contributed by atoms with van der Waals surface area (Å²) >= 11 is 0. The van der Waals surface area contributed by atoms with Crippen molar-refractivity contribution in [1.82, 2.24) is 5.32 Å². The normalized spacial score (nSPS) is 15.1. The topological polar surface area (TPSA) is 71.8 Å². The fraction of sp³-hybridized carbons (Fsp3) is 0.217. The van der Waals surface area contributed by atoms with Gasteiger partial charge in [-0.15, -0.1) is 0 Å². The van der Waals surface area contributed by atoms with Crippen LogP contribution in [0, 0.1) is 0 Å². The summed E-state index contributed by atoms with van der Waals surface area (Å²) < 4.78 is 10.3. The minimum absolute atomic E-state index is 0.0457. The Hall–Kier alpha value is -3.54. The Morgan fingerprint density at radius 3 is 2.66 bits per heavy atom. The van der Waals surface area contributed by atoms with Crippen LogP contribution in [0.2, 0.25) is 0 Å². The minimum Gasteiger partial charge on any atom is -0.497 e. The number of benzene rings is 2. The minimum atomic E-state index is -0.268. The third-order valence-electron chi connectivity index (χ3n) is 5.12. The molecule has 6 nitrogen and oxygen atoms in total. The molecule has 2 aromatic carbocycles. The number of ether oxygens (including phenoxy) is 1. The van der Waals surface area contributed by atoms with Crippen LogP contribution in [-0.2, 0) is 13.0 Å². The van der Waals surface area contributed by atoms with Crippen LogP contribution in [-0.4, -0.2) is 25.0 Å². The zero-order valence-corrected chi connectivity index (χ0v) is 16.3. The van der Waals surface area contributed by atoms with Gasteiger partial charge in [-0.05, 0) is 66.9 Å². The van der Waals surface area contributed by atoms with Gasteiger partial charge in [-0.25, -0.2) is 0 Å². The first kappa shape index (κ1) is 18.8. The molecule has 0 radical (unpaired) electrons. The van der Waals surface area contributed by atoms with Crippen molar-refractivity contribution in [2.24, 2.45) is 0 Å². The van der Waals surface area contributed by atoms with E-state index in [0.717, 1.165) is 23.2 Å². The third kappa shape index (κ3) is 3.74. The molecule has 0 unspecified atom stereocenters. The van der Waals surface area contributed by atoms with Crippen molar-refractivity contribution in [2.75, 3.05) is 12.0 Å². The van der Waals surface area contributed by atoms with Crippen LogP contribution in [0.4, 0.5) is 5.69 Å². The number of methoxy groups -OCH3 is 1. The highest BCUT2D eigenvalue weighted by Gasteiger charge is 2.31. The van der Waals surface area contributed by atoms with Crippen molar-refractivity contribution in [1.29, 1.82) is 0 Å². The number of hydrogen-bond donors (Lipinski definition) is 1. The lowest BCUT2D eigenvalue weighted by molar-refractivity contribution is 0.0922. The lowest BCUT2D eigenvalue weighted by atomic mass is 10.1. The third-order valence-corrected chi connectivity index (χ3v) is 5.12. The molecule has 0 saturated heterocycles. The molecule has 2 heterocycles. The molecule has 1 N–H and O–H groups in total. The predicted molar refractivity (Wildman–Crippen MR) is 109 cm³/mol. The van der Waals surface area contributed by atoms with E-state index in [-0.39, 0.29) is 23.6 Å². The van der Waals surface area contributed by atoms with Crippen LogP contribution >= 0.6 is 0 Å². The van der Waals surface area contributed by atoms with E-state index in [2.05, 4.69) is 5.32 Å². The average Bonchev–Trinajstić information content (AvgIpc) is 3.39. The van der Waals surface area contributed by atoms with E-state index in [1.165, 1.54) is 6.26 Å². The molecule has 29 heavy (non-hydrogen) atoms. The molecule has 0 bridgehead atoms. The Kier molecular flexibility index (Phi) is 5.08. The first-order valence-electron chi connectivity index (χ1n) is 9.48. The molecule has 1 aromatic heterocycles. The Bertz CT molecular complexity index is 1030. The number of hydrogen-bond acceptors (Lipinski definition) is 4. The van der Waals surface area contributed by atoms with Crippen LogP contribution in [0.1, 0.15) is 39.0 Å². The smallest absolute Gasteiger partial charge is 0.287 e. The number of carbonyl (C=O) groups excluding carboxylic acids is 2. The highest BCUT2D eigenvalue weighted by Crippen LogP contribution is 2.34. The summed E-state index contributed by atoms with van der Waals surface area (Å²) in [5, 5.41) is 2.84. The van der Waals surface area contributed by atoms with Crippen molar-refractivity contribution in [3.8, 4) is 5.75 Å². The highest BCUT2D eigenvalue weighted by atomic mass is 16.5. The number of rotatable bonds is 5. The fourth-order valence-electron chi connectivity index (χ4n) is 3.62. The summed E-state index contributed by atoms with van der Waals surface area (Å²) in [4.78, 5) is 27.1. The maximum Gasteiger partial charge on any atom is 0.287 e. The molecular formula is C23H22N2O4. The second-order valence-corrected chi connectivity index (χ2v) is 7.08. The Balaban J connectivity index is 1.53. The van der Waals surface area contributed by atoms with Crippen molar-refractivity contribution < 1.29 is 18.7 Å². The molecule has 0 fully saturated rings. The molecule has 3 aromatic rings. The van der Waals surface area contributed by atoms with Gasteiger partial charge in [-0.2, -0.15) is 0 Å². The van der Waals surface area contributed by atoms with Gasteiger partial charge in [0.05, 0.1) is 13.4 Å². The second kappa shape index (κ2) is 7.83. The van der Waals surface area contributed by atoms with Gasteiger partial charge in [0.25, 0.3) is 11.8 Å². The van der Waals surface area contributed by atoms with E-state index >= 15 is 0 Å². The number of carbonyl (C=O) groups is 2. The van der Waals surface area contributed by atoms with Crippen LogP contribution in [0.3, 0.4) is 0 Å². The van der Waals surface area contributed by atoms with E-state index < -0.39 is 0 Å². The van der Waals surface area contributed by atoms with Gasteiger partial charge in [0.2, 0.25) is 0 Å². The van der Waals surface area contributed by atoms with Crippen LogP contribution in [0.25, 0.3) is 0 Å². The average molecular weight is 390 g/mol. The summed E-state index contributed by atoms with van der Waals surface area (Å²) in [5.41, 5.74) is 3.55. The summed E-state index contributed by atoms with van der Waals surface area (Å²) in [6.45, 7) is 2.39. The summed E-state index contributed by atoms with van der Waals surface area (Å²) in [5.74, 6) is 0.674. The first-order chi connectivity index (χ1) is 14.1. The van der Waals surface area contributed by atoms with E-state index in [1.54, 1.807) is 43.5 Å². The quantitative estimate of drug-likeness (QED) is 0.719. The molecule has 0 saturated carbocycles. The lowest BCUT2D eigenvalue weighted by Gasteiger charge is -2.23. The SMILES string of the molecule is COc1ccc(C(=O)N2c3cc(CNC(=O)c4ccco4)ccc3C[C@H]2C)cc1. The van der Waals surface area contributed by atoms with Gasteiger partial charge in [0.15, 0.2) is 5.76 Å². The standard InChI is InChI=1S/C23H22N2O4/c1-15-12-18-6-5-16(14-24-22(26)21-4-3-11-29-21)13-20(18)25(15)23(27)17-7-9-19(28-2)10-8-17/h3-11,13,15H,12,14H2,1-2H3,(H,24,26)/t15-/m1/s1. The summed E-state index contributed by atoms with van der Waals surface area (Å²) in [7, 11) is 1.60. The molecule has 1 atom stereocenters. The Morgan fingerprint density at radius 1 is 1.17 bits per heavy atom. The molecule has 0 spiro atoms. The number of nitrogens with one attached hydrogen (secondary N) is 1. The molecule has 2 amide bonds. The zero-order valence-electron chi connectivity index (χ0n) is 16.3. The number of amides is 2. The molecule has 1 aliphatic rings. The van der Waals surface area contributed by atoms with E-state index in [4.69, 9.17) is 9.15 Å². The van der Waals surface area contributed by atoms with Gasteiger partial charge in [-0.1, -0.05) is 12.1 Å². The van der Waals surface area contributed by atoms with E-state index in [0.29, 0.717) is 17.9 Å². The molecule has 4 rings (SSSR count). The van der Waals surface area contributed by atoms with E-state index in [9.17, 15) is 9.59 Å². The van der Waals surface area contributed by atoms with Crippen LogP contribution < -0.4 is 15.0 Å². The number of anilines is 1. The molecule has 148 valence electrons. The maximum atomic E-state index is 13.2. The molecule has 0 aliphatic carbocycles. The van der Waals surface area contributed by atoms with Crippen molar-refractivity contribution >= 4 is 17.5 Å². The number of furan rings is 1. The fourth-order valence-corrected chi connectivity index (χ4v) is 3.62. The number of fused-ring (bicyclic) bond motifs is 1. The molecule has 1 aliphatic heterocycles. The monoisotopic (exact) mass is 390 g/mol. The van der Waals surface area contributed by atoms with Gasteiger partial charge >= 0.3 is 0 Å². The van der Waals surface area contributed by atoms with Gasteiger partial charge in [-0.3, -0.25) is 9.59 Å². The first-order valence-corrected chi connectivity index (χ1v) is 9.48. The van der Waals surface area contributed by atoms with Crippen LogP contribution in [0.5, 0.6) is 5.75 Å². The zero-order chi connectivity index (χ0) is 20.4. The summed E-state index contributed by atoms with van der Waals surface area (Å²) in [6.07, 6.45) is 2.27. The van der Waals surface area contributed by atoms with Crippen LogP contribution in [0.15, 0.2) is 65.3 Å². The van der Waals surface area contributed by atoms with Gasteiger partial charge in [0.1, 0.15) is 5.75 Å². The van der Waals surface area contributed by atoms with Gasteiger partial charge in [0, 0.05) is 23.8 Å². The Labute approximate surface area is 169 Å². The van der Waals surface area contributed by atoms with Crippen molar-refractivity contribution in [2.45, 2.75) is 25.9 Å². The van der Waals surface area contributed by atoms with Crippen molar-refractivity contribution in [3.05, 3.63) is 83.3 Å².